The van der Waals surface area contributed by atoms with Crippen molar-refractivity contribution in [3.63, 3.8) is 0 Å². The van der Waals surface area contributed by atoms with E-state index in [1.54, 1.807) is 0 Å². The molecular formula is C29H18F6O4S2. The molecule has 4 aromatic rings. The smallest absolute Gasteiger partial charge is 0.380 e. The molecule has 0 fully saturated rings. The first kappa shape index (κ1) is 28.6. The minimum Gasteiger partial charge on any atom is -0.478 e. The predicted octanol–water partition coefficient (Wildman–Crippen LogP) is 8.99. The molecule has 0 aliphatic heterocycles. The average Bonchev–Trinajstić information content (AvgIpc) is 3.51. The number of hydrogen-bond donors (Lipinski definition) is 2. The second kappa shape index (κ2) is 9.59. The Hall–Kier alpha value is -3.90. The summed E-state index contributed by atoms with van der Waals surface area (Å²) < 4.78 is 91.5. The number of aromatic carboxylic acids is 2. The largest absolute Gasteiger partial charge is 0.478 e. The lowest BCUT2D eigenvalue weighted by Crippen LogP contribution is -2.48. The van der Waals surface area contributed by atoms with Gasteiger partial charge in [-0.1, -0.05) is 24.3 Å². The number of thiophene rings is 2. The second-order valence-corrected chi connectivity index (χ2v) is 11.6. The Morgan fingerprint density at radius 3 is 1.22 bits per heavy atom. The standard InChI is InChI=1S/C29H18F6O4S2/c1-13-11-19(15-3-7-17(8-4-15)25(36)37)40-23(13)21-22(28(32,33)29(34,35)27(21,30)31)24-14(2)12-20(41-24)16-5-9-18(10-6-16)26(38)39/h3-12H,1-2H3,(H,36,37)(H,38,39). The van der Waals surface area contributed by atoms with Crippen molar-refractivity contribution < 1.29 is 46.1 Å². The predicted molar refractivity (Wildman–Crippen MR) is 145 cm³/mol. The van der Waals surface area contributed by atoms with Crippen molar-refractivity contribution in [2.24, 2.45) is 0 Å². The van der Waals surface area contributed by atoms with Crippen LogP contribution in [0.5, 0.6) is 0 Å². The van der Waals surface area contributed by atoms with Crippen molar-refractivity contribution in [3.8, 4) is 20.9 Å². The van der Waals surface area contributed by atoms with E-state index in [1.165, 1.54) is 74.5 Å². The number of alkyl halides is 6. The molecule has 0 bridgehead atoms. The Morgan fingerprint density at radius 2 is 0.927 bits per heavy atom. The van der Waals surface area contributed by atoms with E-state index in [4.69, 9.17) is 10.2 Å². The summed E-state index contributed by atoms with van der Waals surface area (Å²) in [6.45, 7) is 2.71. The zero-order valence-electron chi connectivity index (χ0n) is 21.1. The molecule has 12 heteroatoms. The van der Waals surface area contributed by atoms with Crippen LogP contribution in [0.15, 0.2) is 60.7 Å². The fourth-order valence-corrected chi connectivity index (χ4v) is 7.16. The van der Waals surface area contributed by atoms with Crippen LogP contribution in [0.25, 0.3) is 32.0 Å². The minimum absolute atomic E-state index is 0.0320. The highest BCUT2D eigenvalue weighted by atomic mass is 32.1. The first-order valence-electron chi connectivity index (χ1n) is 11.9. The molecule has 212 valence electrons. The van der Waals surface area contributed by atoms with E-state index in [2.05, 4.69) is 0 Å². The summed E-state index contributed by atoms with van der Waals surface area (Å²) in [5, 5.41) is 18.2. The number of hydrogen-bond acceptors (Lipinski definition) is 4. The lowest BCUT2D eigenvalue weighted by atomic mass is 10.0. The topological polar surface area (TPSA) is 74.6 Å². The highest BCUT2D eigenvalue weighted by molar-refractivity contribution is 7.18. The van der Waals surface area contributed by atoms with Crippen LogP contribution in [0.3, 0.4) is 0 Å². The Balaban J connectivity index is 1.70. The summed E-state index contributed by atoms with van der Waals surface area (Å²) in [5.74, 6) is -18.5. The molecule has 0 unspecified atom stereocenters. The van der Waals surface area contributed by atoms with E-state index in [-0.39, 0.29) is 22.3 Å². The first-order valence-corrected chi connectivity index (χ1v) is 13.5. The molecule has 0 spiro atoms. The van der Waals surface area contributed by atoms with Gasteiger partial charge in [-0.15, -0.1) is 22.7 Å². The molecule has 0 saturated heterocycles. The first-order chi connectivity index (χ1) is 19.1. The minimum atomic E-state index is -5.72. The van der Waals surface area contributed by atoms with Crippen LogP contribution in [0.1, 0.15) is 41.6 Å². The van der Waals surface area contributed by atoms with Crippen LogP contribution in [0.2, 0.25) is 0 Å². The Bertz CT molecular complexity index is 1610. The van der Waals surface area contributed by atoms with Gasteiger partial charge in [0.2, 0.25) is 0 Å². The molecule has 1 aliphatic rings. The van der Waals surface area contributed by atoms with Crippen LogP contribution < -0.4 is 0 Å². The molecule has 4 nitrogen and oxygen atoms in total. The number of carboxylic acids is 2. The van der Waals surface area contributed by atoms with Gasteiger partial charge in [0, 0.05) is 19.5 Å². The van der Waals surface area contributed by atoms with Gasteiger partial charge in [-0.05, 0) is 72.5 Å². The van der Waals surface area contributed by atoms with E-state index in [1.807, 2.05) is 0 Å². The molecule has 2 aromatic heterocycles. The Morgan fingerprint density at radius 1 is 0.610 bits per heavy atom. The summed E-state index contributed by atoms with van der Waals surface area (Å²) >= 11 is 1.27. The van der Waals surface area contributed by atoms with E-state index < -0.39 is 50.6 Å². The summed E-state index contributed by atoms with van der Waals surface area (Å²) in [5.41, 5.74) is -2.03. The van der Waals surface area contributed by atoms with Crippen LogP contribution in [-0.2, 0) is 0 Å². The molecule has 0 atom stereocenters. The van der Waals surface area contributed by atoms with Gasteiger partial charge in [0.1, 0.15) is 0 Å². The fraction of sp³-hybridized carbons (Fsp3) is 0.172. The number of aryl methyl sites for hydroxylation is 2. The molecule has 0 radical (unpaired) electrons. The van der Waals surface area contributed by atoms with Crippen molar-refractivity contribution in [3.05, 3.63) is 92.7 Å². The van der Waals surface area contributed by atoms with Gasteiger partial charge in [0.15, 0.2) is 0 Å². The SMILES string of the molecule is Cc1cc(-c2ccc(C(=O)O)cc2)sc1C1=C(c2sc(-c3ccc(C(=O)O)cc3)cc2C)C(F)(F)C(F)(F)C1(F)F. The molecule has 0 amide bonds. The van der Waals surface area contributed by atoms with Crippen molar-refractivity contribution in [2.45, 2.75) is 31.6 Å². The number of carbonyl (C=O) groups is 2. The van der Waals surface area contributed by atoms with Crippen molar-refractivity contribution in [1.29, 1.82) is 0 Å². The van der Waals surface area contributed by atoms with E-state index in [9.17, 15) is 18.4 Å². The number of halogens is 6. The molecule has 0 saturated carbocycles. The van der Waals surface area contributed by atoms with Gasteiger partial charge in [0.25, 0.3) is 0 Å². The van der Waals surface area contributed by atoms with Crippen LogP contribution in [0.4, 0.5) is 26.3 Å². The van der Waals surface area contributed by atoms with Gasteiger partial charge in [0.05, 0.1) is 22.3 Å². The molecule has 1 aliphatic carbocycles. The molecule has 2 N–H and O–H groups in total. The third-order valence-corrected chi connectivity index (χ3v) is 9.40. The van der Waals surface area contributed by atoms with Crippen molar-refractivity contribution >= 4 is 45.8 Å². The Labute approximate surface area is 236 Å². The number of rotatable bonds is 6. The van der Waals surface area contributed by atoms with E-state index in [0.29, 0.717) is 43.6 Å². The molecular weight excluding hydrogens is 590 g/mol. The molecule has 5 rings (SSSR count). The summed E-state index contributed by atoms with van der Waals surface area (Å²) in [6, 6.07) is 13.6. The second-order valence-electron chi connectivity index (χ2n) is 9.48. The lowest BCUT2D eigenvalue weighted by Gasteiger charge is -2.25. The van der Waals surface area contributed by atoms with E-state index >= 15 is 17.6 Å². The number of carboxylic acid groups (broad SMARTS) is 2. The summed E-state index contributed by atoms with van der Waals surface area (Å²) in [7, 11) is 0. The highest BCUT2D eigenvalue weighted by Gasteiger charge is 2.80. The third kappa shape index (κ3) is 4.36. The van der Waals surface area contributed by atoms with Crippen molar-refractivity contribution in [1.82, 2.24) is 0 Å². The normalized spacial score (nSPS) is 17.2. The maximum Gasteiger partial charge on any atom is 0.380 e. The van der Waals surface area contributed by atoms with Crippen LogP contribution in [-0.4, -0.2) is 39.9 Å². The van der Waals surface area contributed by atoms with E-state index in [0.717, 1.165) is 0 Å². The average molecular weight is 609 g/mol. The highest BCUT2D eigenvalue weighted by Crippen LogP contribution is 2.66. The third-order valence-electron chi connectivity index (χ3n) is 6.79. The summed E-state index contributed by atoms with van der Waals surface area (Å²) in [6.07, 6.45) is 0. The monoisotopic (exact) mass is 608 g/mol. The molecule has 41 heavy (non-hydrogen) atoms. The Kier molecular flexibility index (Phi) is 6.69. The summed E-state index contributed by atoms with van der Waals surface area (Å²) in [4.78, 5) is 22.1. The zero-order valence-corrected chi connectivity index (χ0v) is 22.7. The maximum absolute atomic E-state index is 15.4. The quantitative estimate of drug-likeness (QED) is 0.214. The van der Waals surface area contributed by atoms with Gasteiger partial charge in [-0.25, -0.2) is 9.59 Å². The molecule has 2 aromatic carbocycles. The number of allylic oxidation sites excluding steroid dienone is 2. The zero-order chi connectivity index (χ0) is 30.1. The molecule has 2 heterocycles. The maximum atomic E-state index is 15.4. The van der Waals surface area contributed by atoms with Gasteiger partial charge >= 0.3 is 29.7 Å². The fourth-order valence-electron chi connectivity index (χ4n) is 4.64. The van der Waals surface area contributed by atoms with Crippen molar-refractivity contribution in [2.75, 3.05) is 0 Å². The van der Waals surface area contributed by atoms with Crippen LogP contribution >= 0.6 is 22.7 Å². The van der Waals surface area contributed by atoms with Gasteiger partial charge < -0.3 is 10.2 Å². The van der Waals surface area contributed by atoms with Gasteiger partial charge in [-0.3, -0.25) is 0 Å². The van der Waals surface area contributed by atoms with Crippen LogP contribution in [0, 0.1) is 13.8 Å². The van der Waals surface area contributed by atoms with Gasteiger partial charge in [-0.2, -0.15) is 26.3 Å². The number of benzene rings is 2. The lowest BCUT2D eigenvalue weighted by molar-refractivity contribution is -0.254.